The highest BCUT2D eigenvalue weighted by Gasteiger charge is 2.18. The number of hydrogen-bond donors (Lipinski definition) is 0. The summed E-state index contributed by atoms with van der Waals surface area (Å²) in [5.41, 5.74) is 0. The van der Waals surface area contributed by atoms with Crippen LogP contribution in [0.5, 0.6) is 0 Å². The third-order valence-electron chi connectivity index (χ3n) is 1.66. The lowest BCUT2D eigenvalue weighted by Gasteiger charge is -2.08. The van der Waals surface area contributed by atoms with Crippen LogP contribution in [0.15, 0.2) is 29.2 Å². The van der Waals surface area contributed by atoms with Gasteiger partial charge in [-0.3, -0.25) is 4.18 Å². The molecule has 0 aliphatic heterocycles. The zero-order chi connectivity index (χ0) is 11.5. The van der Waals surface area contributed by atoms with Gasteiger partial charge in [0.2, 0.25) is 0 Å². The average molecular weight is 249 g/mol. The predicted molar refractivity (Wildman–Crippen MR) is 59.4 cm³/mol. The Morgan fingerprint density at radius 2 is 1.93 bits per heavy atom. The van der Waals surface area contributed by atoms with E-state index in [4.69, 9.17) is 15.8 Å². The van der Waals surface area contributed by atoms with Crippen molar-refractivity contribution in [3.63, 3.8) is 0 Å². The van der Waals surface area contributed by atoms with Crippen LogP contribution < -0.4 is 0 Å². The fraction of sp³-hybridized carbons (Fsp3) is 0.400. The van der Waals surface area contributed by atoms with Crippen molar-refractivity contribution in [1.29, 1.82) is 0 Å². The summed E-state index contributed by atoms with van der Waals surface area (Å²) >= 11 is 5.76. The Hall–Kier alpha value is -0.580. The molecular formula is C10H13ClO3S. The molecule has 5 heteroatoms. The highest BCUT2D eigenvalue weighted by Crippen LogP contribution is 2.22. The van der Waals surface area contributed by atoms with Crippen molar-refractivity contribution in [2.45, 2.75) is 18.7 Å². The highest BCUT2D eigenvalue weighted by molar-refractivity contribution is 7.86. The fourth-order valence-electron chi connectivity index (χ4n) is 0.937. The SMILES string of the molecule is CC(C)COS(=O)(=O)c1ccccc1Cl. The Morgan fingerprint density at radius 3 is 2.47 bits per heavy atom. The molecule has 1 aromatic rings. The van der Waals surface area contributed by atoms with Crippen molar-refractivity contribution in [3.05, 3.63) is 29.3 Å². The van der Waals surface area contributed by atoms with Crippen LogP contribution in [-0.2, 0) is 14.3 Å². The Balaban J connectivity index is 2.92. The molecule has 0 N–H and O–H groups in total. The first kappa shape index (κ1) is 12.5. The van der Waals surface area contributed by atoms with Crippen LogP contribution in [-0.4, -0.2) is 15.0 Å². The summed E-state index contributed by atoms with van der Waals surface area (Å²) in [5.74, 6) is 0.155. The van der Waals surface area contributed by atoms with Gasteiger partial charge in [0.1, 0.15) is 4.90 Å². The van der Waals surface area contributed by atoms with Gasteiger partial charge >= 0.3 is 0 Å². The fourth-order valence-corrected chi connectivity index (χ4v) is 2.49. The molecule has 0 spiro atoms. The van der Waals surface area contributed by atoms with Crippen LogP contribution in [0.25, 0.3) is 0 Å². The Bertz CT molecular complexity index is 426. The third kappa shape index (κ3) is 3.48. The predicted octanol–water partition coefficient (Wildman–Crippen LogP) is 2.70. The molecule has 0 fully saturated rings. The van der Waals surface area contributed by atoms with E-state index in [0.29, 0.717) is 0 Å². The standard InChI is InChI=1S/C10H13ClO3S/c1-8(2)7-14-15(12,13)10-6-4-3-5-9(10)11/h3-6,8H,7H2,1-2H3. The molecule has 0 radical (unpaired) electrons. The van der Waals surface area contributed by atoms with E-state index in [2.05, 4.69) is 0 Å². The van der Waals surface area contributed by atoms with Crippen molar-refractivity contribution in [2.24, 2.45) is 5.92 Å². The van der Waals surface area contributed by atoms with Gasteiger partial charge in [0.05, 0.1) is 11.6 Å². The van der Waals surface area contributed by atoms with E-state index in [9.17, 15) is 8.42 Å². The topological polar surface area (TPSA) is 43.4 Å². The molecule has 0 bridgehead atoms. The highest BCUT2D eigenvalue weighted by atomic mass is 35.5. The van der Waals surface area contributed by atoms with E-state index in [1.54, 1.807) is 12.1 Å². The minimum absolute atomic E-state index is 0.0207. The third-order valence-corrected chi connectivity index (χ3v) is 3.45. The zero-order valence-corrected chi connectivity index (χ0v) is 10.2. The van der Waals surface area contributed by atoms with E-state index in [0.717, 1.165) is 0 Å². The Labute approximate surface area is 95.1 Å². The van der Waals surface area contributed by atoms with Gasteiger partial charge in [-0.2, -0.15) is 8.42 Å². The average Bonchev–Trinajstić information content (AvgIpc) is 2.15. The van der Waals surface area contributed by atoms with Gasteiger partial charge in [-0.05, 0) is 18.1 Å². The smallest absolute Gasteiger partial charge is 0.266 e. The quantitative estimate of drug-likeness (QED) is 0.770. The van der Waals surface area contributed by atoms with Crippen molar-refractivity contribution in [3.8, 4) is 0 Å². The van der Waals surface area contributed by atoms with Crippen molar-refractivity contribution >= 4 is 21.7 Å². The van der Waals surface area contributed by atoms with Gasteiger partial charge in [0.25, 0.3) is 10.1 Å². The maximum Gasteiger partial charge on any atom is 0.298 e. The van der Waals surface area contributed by atoms with Crippen LogP contribution in [0.3, 0.4) is 0 Å². The van der Waals surface area contributed by atoms with E-state index in [1.165, 1.54) is 12.1 Å². The molecule has 0 aliphatic rings. The van der Waals surface area contributed by atoms with Gasteiger partial charge in [-0.1, -0.05) is 37.6 Å². The monoisotopic (exact) mass is 248 g/mol. The number of rotatable bonds is 4. The summed E-state index contributed by atoms with van der Waals surface area (Å²) in [5, 5.41) is 0.182. The minimum atomic E-state index is -3.72. The number of halogens is 1. The first-order valence-corrected chi connectivity index (χ1v) is 6.36. The normalized spacial score (nSPS) is 12.0. The summed E-state index contributed by atoms with van der Waals surface area (Å²) < 4.78 is 28.1. The van der Waals surface area contributed by atoms with Crippen LogP contribution in [0.4, 0.5) is 0 Å². The zero-order valence-electron chi connectivity index (χ0n) is 8.60. The minimum Gasteiger partial charge on any atom is -0.266 e. The molecule has 0 saturated heterocycles. The summed E-state index contributed by atoms with van der Waals surface area (Å²) in [6.45, 7) is 3.91. The molecule has 0 saturated carbocycles. The van der Waals surface area contributed by atoms with Crippen molar-refractivity contribution < 1.29 is 12.6 Å². The molecule has 15 heavy (non-hydrogen) atoms. The van der Waals surface area contributed by atoms with Gasteiger partial charge in [0, 0.05) is 0 Å². The maximum atomic E-state index is 11.7. The lowest BCUT2D eigenvalue weighted by atomic mass is 10.2. The molecule has 3 nitrogen and oxygen atoms in total. The van der Waals surface area contributed by atoms with Gasteiger partial charge in [-0.15, -0.1) is 0 Å². The van der Waals surface area contributed by atoms with Gasteiger partial charge < -0.3 is 0 Å². The van der Waals surface area contributed by atoms with Crippen molar-refractivity contribution in [1.82, 2.24) is 0 Å². The lowest BCUT2D eigenvalue weighted by molar-refractivity contribution is 0.275. The molecule has 1 aromatic carbocycles. The molecule has 0 amide bonds. The summed E-state index contributed by atoms with van der Waals surface area (Å²) in [6, 6.07) is 6.23. The second kappa shape index (κ2) is 4.96. The maximum absolute atomic E-state index is 11.7. The van der Waals surface area contributed by atoms with Gasteiger partial charge in [-0.25, -0.2) is 0 Å². The van der Waals surface area contributed by atoms with Crippen LogP contribution in [0, 0.1) is 5.92 Å². The second-order valence-corrected chi connectivity index (χ2v) is 5.55. The summed E-state index contributed by atoms with van der Waals surface area (Å²) in [6.07, 6.45) is 0. The number of hydrogen-bond acceptors (Lipinski definition) is 3. The summed E-state index contributed by atoms with van der Waals surface area (Å²) in [7, 11) is -3.72. The van der Waals surface area contributed by atoms with Crippen LogP contribution in [0.2, 0.25) is 5.02 Å². The largest absolute Gasteiger partial charge is 0.298 e. The van der Waals surface area contributed by atoms with E-state index in [-0.39, 0.29) is 22.4 Å². The lowest BCUT2D eigenvalue weighted by Crippen LogP contribution is -2.11. The Morgan fingerprint density at radius 1 is 1.33 bits per heavy atom. The first-order valence-electron chi connectivity index (χ1n) is 4.57. The van der Waals surface area contributed by atoms with E-state index in [1.807, 2.05) is 13.8 Å². The molecule has 0 aliphatic carbocycles. The first-order chi connectivity index (χ1) is 6.93. The summed E-state index contributed by atoms with van der Waals surface area (Å²) in [4.78, 5) is 0.0207. The second-order valence-electron chi connectivity index (χ2n) is 3.56. The Kier molecular flexibility index (Phi) is 4.13. The van der Waals surface area contributed by atoms with Crippen LogP contribution >= 0.6 is 11.6 Å². The van der Waals surface area contributed by atoms with Crippen molar-refractivity contribution in [2.75, 3.05) is 6.61 Å². The molecular weight excluding hydrogens is 236 g/mol. The van der Waals surface area contributed by atoms with Crippen LogP contribution in [0.1, 0.15) is 13.8 Å². The molecule has 84 valence electrons. The number of benzene rings is 1. The molecule has 0 heterocycles. The van der Waals surface area contributed by atoms with E-state index >= 15 is 0 Å². The molecule has 0 unspecified atom stereocenters. The molecule has 0 aromatic heterocycles. The molecule has 1 rings (SSSR count). The van der Waals surface area contributed by atoms with Gasteiger partial charge in [0.15, 0.2) is 0 Å². The molecule has 0 atom stereocenters. The van der Waals surface area contributed by atoms with E-state index < -0.39 is 10.1 Å².